The average Bonchev–Trinajstić information content (AvgIpc) is 2.18. The van der Waals surface area contributed by atoms with Gasteiger partial charge >= 0.3 is 0 Å². The summed E-state index contributed by atoms with van der Waals surface area (Å²) in [7, 11) is 0. The van der Waals surface area contributed by atoms with Gasteiger partial charge in [-0.3, -0.25) is 0 Å². The van der Waals surface area contributed by atoms with E-state index in [0.717, 1.165) is 0 Å². The fourth-order valence-corrected chi connectivity index (χ4v) is 0. The van der Waals surface area contributed by atoms with Crippen molar-refractivity contribution < 1.29 is 104 Å². The Morgan fingerprint density at radius 3 is 0.600 bits per heavy atom. The van der Waals surface area contributed by atoms with E-state index >= 15 is 0 Å². The van der Waals surface area contributed by atoms with Crippen LogP contribution in [0.15, 0.2) is 0 Å². The normalized spacial score (nSPS) is 6.00. The molecule has 0 aromatic rings. The summed E-state index contributed by atoms with van der Waals surface area (Å²) in [5, 5.41) is 23.4. The zero-order valence-electron chi connectivity index (χ0n) is 8.84. The van der Waals surface area contributed by atoms with E-state index in [4.69, 9.17) is 15.3 Å². The number of halogens is 3. The topological polar surface area (TPSA) is 144 Å². The first-order valence-electron chi connectivity index (χ1n) is 3.95. The Bertz CT molecular complexity index is 44.3. The number of rotatable bonds is 3. The first-order chi connectivity index (χ1) is 5.74. The van der Waals surface area contributed by atoms with Crippen molar-refractivity contribution in [3.63, 3.8) is 0 Å². The maximum Gasteiger partial charge on any atom is 0.0974 e. The minimum Gasteiger partial charge on any atom is -1.00 e. The lowest BCUT2D eigenvalue weighted by Crippen LogP contribution is -3.00. The van der Waals surface area contributed by atoms with E-state index in [-0.39, 0.29) is 91.8 Å². The molecule has 0 amide bonds. The lowest BCUT2D eigenvalue weighted by atomic mass is 10.8. The molecule has 0 bridgehead atoms. The quantitative estimate of drug-likeness (QED) is 0.189. The molecular formula is C6H24I3N3O3. The van der Waals surface area contributed by atoms with E-state index in [0.29, 0.717) is 19.6 Å². The van der Waals surface area contributed by atoms with E-state index in [1.54, 1.807) is 0 Å². The zero-order chi connectivity index (χ0) is 10.2. The van der Waals surface area contributed by atoms with Gasteiger partial charge in [-0.15, -0.1) is 0 Å². The van der Waals surface area contributed by atoms with Crippen LogP contribution in [0.1, 0.15) is 0 Å². The van der Waals surface area contributed by atoms with Crippen molar-refractivity contribution in [1.29, 1.82) is 0 Å². The van der Waals surface area contributed by atoms with Crippen molar-refractivity contribution in [1.82, 2.24) is 0 Å². The highest BCUT2D eigenvalue weighted by molar-refractivity contribution is 4.04. The van der Waals surface area contributed by atoms with Crippen LogP contribution in [0.2, 0.25) is 0 Å². The van der Waals surface area contributed by atoms with Gasteiger partial charge in [-0.1, -0.05) is 0 Å². The first-order valence-corrected chi connectivity index (χ1v) is 3.95. The van der Waals surface area contributed by atoms with Gasteiger partial charge in [-0.25, -0.2) is 0 Å². The maximum atomic E-state index is 7.81. The molecule has 0 aromatic carbocycles. The van der Waals surface area contributed by atoms with Crippen molar-refractivity contribution in [3.8, 4) is 0 Å². The third-order valence-corrected chi connectivity index (χ3v) is 0.474. The number of hydrogen-bond donors (Lipinski definition) is 6. The molecule has 6 nitrogen and oxygen atoms in total. The Kier molecular flexibility index (Phi) is 135. The van der Waals surface area contributed by atoms with Gasteiger partial charge in [0, 0.05) is 0 Å². The summed E-state index contributed by atoms with van der Waals surface area (Å²) < 4.78 is 0. The first kappa shape index (κ1) is 36.0. The van der Waals surface area contributed by atoms with E-state index in [9.17, 15) is 0 Å². The standard InChI is InChI=1S/3C2H7NO.3HI/c3*3-1-2-4;;;/h3*4H,1-3H2;3*1H. The van der Waals surface area contributed by atoms with Crippen LogP contribution in [0, 0.1) is 0 Å². The van der Waals surface area contributed by atoms with E-state index in [1.165, 1.54) is 0 Å². The number of quaternary nitrogens is 3. The van der Waals surface area contributed by atoms with Gasteiger partial charge in [-0.2, -0.15) is 0 Å². The largest absolute Gasteiger partial charge is 1.00 e. The molecule has 0 atom stereocenters. The fourth-order valence-electron chi connectivity index (χ4n) is 0. The Morgan fingerprint density at radius 1 is 0.533 bits per heavy atom. The maximum absolute atomic E-state index is 7.81. The molecule has 102 valence electrons. The predicted octanol–water partition coefficient (Wildman–Crippen LogP) is -14.3. The highest BCUT2D eigenvalue weighted by atomic mass is 127. The number of hydrogen-bond acceptors (Lipinski definition) is 3. The second-order valence-corrected chi connectivity index (χ2v) is 1.73. The highest BCUT2D eigenvalue weighted by Gasteiger charge is 1.61. The highest BCUT2D eigenvalue weighted by Crippen LogP contribution is 1.29. The molecular weight excluding hydrogens is 543 g/mol. The third kappa shape index (κ3) is 127. The Hall–Kier alpha value is 1.95. The van der Waals surface area contributed by atoms with Crippen LogP contribution < -0.4 is 89.1 Å². The van der Waals surface area contributed by atoms with Crippen LogP contribution in [0.25, 0.3) is 0 Å². The molecule has 9 heteroatoms. The van der Waals surface area contributed by atoms with Crippen molar-refractivity contribution in [2.75, 3.05) is 39.5 Å². The van der Waals surface area contributed by atoms with Crippen LogP contribution in [0.3, 0.4) is 0 Å². The SMILES string of the molecule is [I-].[I-].[I-].[NH3+]CCO.[NH3+]CCO.[NH3+]CCO. The number of aliphatic hydroxyl groups excluding tert-OH is 3. The summed E-state index contributed by atoms with van der Waals surface area (Å²) in [5.74, 6) is 0. The summed E-state index contributed by atoms with van der Waals surface area (Å²) >= 11 is 0. The van der Waals surface area contributed by atoms with Crippen LogP contribution in [-0.4, -0.2) is 54.8 Å². The van der Waals surface area contributed by atoms with Gasteiger partial charge in [0.25, 0.3) is 0 Å². The lowest BCUT2D eigenvalue weighted by molar-refractivity contribution is -0.372. The molecule has 0 spiro atoms. The van der Waals surface area contributed by atoms with Crippen LogP contribution in [0.5, 0.6) is 0 Å². The Balaban J connectivity index is -0.0000000184. The minimum atomic E-state index is 0. The Labute approximate surface area is 142 Å². The molecule has 0 radical (unpaired) electrons. The average molecular weight is 567 g/mol. The number of aliphatic hydroxyl groups is 3. The molecule has 0 aliphatic heterocycles. The molecule has 0 aliphatic rings. The lowest BCUT2D eigenvalue weighted by Gasteiger charge is -1.67. The zero-order valence-corrected chi connectivity index (χ0v) is 15.3. The van der Waals surface area contributed by atoms with Crippen molar-refractivity contribution in [2.24, 2.45) is 0 Å². The second kappa shape index (κ2) is 56.4. The summed E-state index contributed by atoms with van der Waals surface area (Å²) in [5.41, 5.74) is 10.1. The van der Waals surface area contributed by atoms with Crippen LogP contribution in [-0.2, 0) is 0 Å². The van der Waals surface area contributed by atoms with Crippen LogP contribution >= 0.6 is 0 Å². The summed E-state index contributed by atoms with van der Waals surface area (Å²) in [4.78, 5) is 0. The van der Waals surface area contributed by atoms with Gasteiger partial charge in [0.05, 0.1) is 39.5 Å². The predicted molar refractivity (Wildman–Crippen MR) is 44.5 cm³/mol. The molecule has 0 rings (SSSR count). The second-order valence-electron chi connectivity index (χ2n) is 1.73. The van der Waals surface area contributed by atoms with Crippen molar-refractivity contribution >= 4 is 0 Å². The van der Waals surface area contributed by atoms with E-state index in [2.05, 4.69) is 17.2 Å². The van der Waals surface area contributed by atoms with Gasteiger partial charge in [-0.05, 0) is 0 Å². The minimum absolute atomic E-state index is 0. The summed E-state index contributed by atoms with van der Waals surface area (Å²) in [6, 6.07) is 0. The van der Waals surface area contributed by atoms with E-state index < -0.39 is 0 Å². The van der Waals surface area contributed by atoms with Gasteiger partial charge in [0.2, 0.25) is 0 Å². The summed E-state index contributed by atoms with van der Waals surface area (Å²) in [6.07, 6.45) is 0. The summed E-state index contributed by atoms with van der Waals surface area (Å²) in [6.45, 7) is 2.50. The third-order valence-electron chi connectivity index (χ3n) is 0.474. The monoisotopic (exact) mass is 567 g/mol. The molecule has 0 saturated carbocycles. The van der Waals surface area contributed by atoms with Gasteiger partial charge < -0.3 is 104 Å². The molecule has 12 N–H and O–H groups in total. The van der Waals surface area contributed by atoms with E-state index in [1.807, 2.05) is 0 Å². The van der Waals surface area contributed by atoms with Crippen molar-refractivity contribution in [2.45, 2.75) is 0 Å². The van der Waals surface area contributed by atoms with Gasteiger partial charge in [0.15, 0.2) is 0 Å². The molecule has 0 fully saturated rings. The fraction of sp³-hybridized carbons (Fsp3) is 1.00. The molecule has 0 aromatic heterocycles. The van der Waals surface area contributed by atoms with Gasteiger partial charge in [0.1, 0.15) is 0 Å². The molecule has 0 heterocycles. The molecule has 0 unspecified atom stereocenters. The van der Waals surface area contributed by atoms with Crippen molar-refractivity contribution in [3.05, 3.63) is 0 Å². The molecule has 15 heavy (non-hydrogen) atoms. The van der Waals surface area contributed by atoms with Crippen LogP contribution in [0.4, 0.5) is 0 Å². The Morgan fingerprint density at radius 2 is 0.600 bits per heavy atom. The molecule has 0 saturated heterocycles. The smallest absolute Gasteiger partial charge is 0.0974 e. The molecule has 0 aliphatic carbocycles.